The van der Waals surface area contributed by atoms with E-state index in [1.165, 1.54) is 6.33 Å². The maximum absolute atomic E-state index is 11.8. The number of hydrogen-bond acceptors (Lipinski definition) is 4. The molecule has 0 aliphatic carbocycles. The Kier molecular flexibility index (Phi) is 4.53. The first-order valence-electron chi connectivity index (χ1n) is 7.96. The van der Waals surface area contributed by atoms with Gasteiger partial charge in [-0.25, -0.2) is 4.68 Å². The van der Waals surface area contributed by atoms with Gasteiger partial charge in [0.15, 0.2) is 0 Å². The van der Waals surface area contributed by atoms with Gasteiger partial charge in [-0.05, 0) is 35.4 Å². The third kappa shape index (κ3) is 3.38. The highest BCUT2D eigenvalue weighted by Crippen LogP contribution is 2.29. The third-order valence-electron chi connectivity index (χ3n) is 4.15. The molecule has 6 nitrogen and oxygen atoms in total. The van der Waals surface area contributed by atoms with Crippen molar-refractivity contribution in [2.24, 2.45) is 0 Å². The standard InChI is InChI=1S/C18H14Cl2N4O2/c19-14-6-1-11(7-15(14)20)9-26-13-4-2-12(3-5-13)16-8-17(25)23-18-21-10-22-24(16)18/h1-7,10,16H,8-9H2,(H,21,22,23,25)/t16-/m1/s1. The Morgan fingerprint density at radius 3 is 2.73 bits per heavy atom. The molecule has 0 unspecified atom stereocenters. The molecule has 0 spiro atoms. The third-order valence-corrected chi connectivity index (χ3v) is 4.89. The van der Waals surface area contributed by atoms with Crippen molar-refractivity contribution >= 4 is 35.1 Å². The second-order valence-electron chi connectivity index (χ2n) is 5.90. The minimum Gasteiger partial charge on any atom is -0.489 e. The second kappa shape index (κ2) is 6.97. The summed E-state index contributed by atoms with van der Waals surface area (Å²) in [5.74, 6) is 1.11. The van der Waals surface area contributed by atoms with Crippen LogP contribution in [0, 0.1) is 0 Å². The molecular formula is C18H14Cl2N4O2. The summed E-state index contributed by atoms with van der Waals surface area (Å²) in [6.45, 7) is 0.384. The maximum Gasteiger partial charge on any atom is 0.229 e. The van der Waals surface area contributed by atoms with Gasteiger partial charge >= 0.3 is 0 Å². The van der Waals surface area contributed by atoms with Crippen molar-refractivity contribution in [3.8, 4) is 5.75 Å². The molecule has 1 aliphatic heterocycles. The predicted molar refractivity (Wildman–Crippen MR) is 98.6 cm³/mol. The molecule has 0 bridgehead atoms. The molecule has 1 N–H and O–H groups in total. The molecule has 4 rings (SSSR count). The monoisotopic (exact) mass is 388 g/mol. The number of anilines is 1. The van der Waals surface area contributed by atoms with Gasteiger partial charge in [0.1, 0.15) is 18.7 Å². The van der Waals surface area contributed by atoms with E-state index in [0.717, 1.165) is 16.9 Å². The van der Waals surface area contributed by atoms with Crippen LogP contribution in [0.25, 0.3) is 0 Å². The Hall–Kier alpha value is -2.57. The highest BCUT2D eigenvalue weighted by Gasteiger charge is 2.27. The molecule has 0 saturated carbocycles. The number of nitrogens with zero attached hydrogens (tertiary/aromatic N) is 3. The van der Waals surface area contributed by atoms with Crippen LogP contribution in [-0.2, 0) is 11.4 Å². The number of nitrogens with one attached hydrogen (secondary N) is 1. The Labute approximate surface area is 159 Å². The van der Waals surface area contributed by atoms with Crippen LogP contribution < -0.4 is 10.1 Å². The maximum atomic E-state index is 11.8. The average Bonchev–Trinajstić information content (AvgIpc) is 3.11. The molecule has 132 valence electrons. The fourth-order valence-electron chi connectivity index (χ4n) is 2.85. The zero-order valence-electron chi connectivity index (χ0n) is 13.5. The molecule has 0 fully saturated rings. The smallest absolute Gasteiger partial charge is 0.229 e. The van der Waals surface area contributed by atoms with E-state index in [1.54, 1.807) is 16.8 Å². The largest absolute Gasteiger partial charge is 0.489 e. The molecule has 2 aromatic carbocycles. The number of amides is 1. The van der Waals surface area contributed by atoms with Crippen molar-refractivity contribution in [2.75, 3.05) is 5.32 Å². The van der Waals surface area contributed by atoms with Gasteiger partial charge in [0, 0.05) is 0 Å². The summed E-state index contributed by atoms with van der Waals surface area (Å²) in [7, 11) is 0. The van der Waals surface area contributed by atoms with E-state index < -0.39 is 0 Å². The minimum atomic E-state index is -0.176. The van der Waals surface area contributed by atoms with E-state index in [2.05, 4.69) is 15.4 Å². The van der Waals surface area contributed by atoms with Crippen LogP contribution in [0.3, 0.4) is 0 Å². The first-order valence-corrected chi connectivity index (χ1v) is 8.72. The van der Waals surface area contributed by atoms with E-state index in [0.29, 0.717) is 29.0 Å². The van der Waals surface area contributed by atoms with Crippen LogP contribution in [0.4, 0.5) is 5.95 Å². The van der Waals surface area contributed by atoms with Crippen LogP contribution in [-0.4, -0.2) is 20.7 Å². The lowest BCUT2D eigenvalue weighted by Gasteiger charge is -2.23. The van der Waals surface area contributed by atoms with Crippen LogP contribution in [0.5, 0.6) is 5.75 Å². The minimum absolute atomic E-state index is 0.0737. The van der Waals surface area contributed by atoms with E-state index in [9.17, 15) is 4.79 Å². The number of benzene rings is 2. The van der Waals surface area contributed by atoms with Gasteiger partial charge < -0.3 is 4.74 Å². The van der Waals surface area contributed by atoms with Gasteiger partial charge in [-0.3, -0.25) is 10.1 Å². The molecule has 2 heterocycles. The summed E-state index contributed by atoms with van der Waals surface area (Å²) in [6, 6.07) is 12.8. The topological polar surface area (TPSA) is 69.0 Å². The Morgan fingerprint density at radius 1 is 1.15 bits per heavy atom. The van der Waals surface area contributed by atoms with E-state index in [1.807, 2.05) is 30.3 Å². The lowest BCUT2D eigenvalue weighted by Crippen LogP contribution is -2.29. The molecule has 1 aromatic heterocycles. The zero-order chi connectivity index (χ0) is 18.1. The normalized spacial score (nSPS) is 16.1. The Balaban J connectivity index is 1.47. The van der Waals surface area contributed by atoms with Crippen molar-refractivity contribution < 1.29 is 9.53 Å². The molecule has 1 atom stereocenters. The van der Waals surface area contributed by atoms with E-state index in [-0.39, 0.29) is 11.9 Å². The highest BCUT2D eigenvalue weighted by molar-refractivity contribution is 6.42. The molecule has 3 aromatic rings. The zero-order valence-corrected chi connectivity index (χ0v) is 15.0. The SMILES string of the molecule is O=C1C[C@H](c2ccc(OCc3ccc(Cl)c(Cl)c3)cc2)n2ncnc2N1. The average molecular weight is 389 g/mol. The summed E-state index contributed by atoms with van der Waals surface area (Å²) >= 11 is 11.9. The second-order valence-corrected chi connectivity index (χ2v) is 6.72. The predicted octanol–water partition coefficient (Wildman–Crippen LogP) is 4.10. The van der Waals surface area contributed by atoms with Crippen molar-refractivity contribution in [2.45, 2.75) is 19.1 Å². The fourth-order valence-corrected chi connectivity index (χ4v) is 3.17. The summed E-state index contributed by atoms with van der Waals surface area (Å²) in [5, 5.41) is 7.92. The number of fused-ring (bicyclic) bond motifs is 1. The summed E-state index contributed by atoms with van der Waals surface area (Å²) in [6.07, 6.45) is 1.75. The van der Waals surface area contributed by atoms with Crippen LogP contribution in [0.15, 0.2) is 48.8 Å². The number of halogens is 2. The van der Waals surface area contributed by atoms with Gasteiger partial charge in [-0.1, -0.05) is 41.4 Å². The van der Waals surface area contributed by atoms with Crippen LogP contribution in [0.1, 0.15) is 23.6 Å². The van der Waals surface area contributed by atoms with Gasteiger partial charge in [-0.2, -0.15) is 10.1 Å². The number of carbonyl (C=O) groups is 1. The van der Waals surface area contributed by atoms with Crippen molar-refractivity contribution in [3.63, 3.8) is 0 Å². The lowest BCUT2D eigenvalue weighted by molar-refractivity contribution is -0.117. The number of aromatic nitrogens is 3. The molecule has 0 radical (unpaired) electrons. The summed E-state index contributed by atoms with van der Waals surface area (Å²) in [5.41, 5.74) is 1.90. The number of rotatable bonds is 4. The van der Waals surface area contributed by atoms with Crippen LogP contribution in [0.2, 0.25) is 10.0 Å². The van der Waals surface area contributed by atoms with E-state index in [4.69, 9.17) is 27.9 Å². The van der Waals surface area contributed by atoms with Crippen molar-refractivity contribution in [1.29, 1.82) is 0 Å². The quantitative estimate of drug-likeness (QED) is 0.730. The first kappa shape index (κ1) is 16.9. The highest BCUT2D eigenvalue weighted by atomic mass is 35.5. The Bertz CT molecular complexity index is 956. The summed E-state index contributed by atoms with van der Waals surface area (Å²) in [4.78, 5) is 15.9. The van der Waals surface area contributed by atoms with Gasteiger partial charge in [0.05, 0.1) is 22.5 Å². The molecule has 1 amide bonds. The van der Waals surface area contributed by atoms with Gasteiger partial charge in [0.25, 0.3) is 0 Å². The fraction of sp³-hybridized carbons (Fsp3) is 0.167. The van der Waals surface area contributed by atoms with Gasteiger partial charge in [0.2, 0.25) is 11.9 Å². The number of carbonyl (C=O) groups excluding carboxylic acids is 1. The Morgan fingerprint density at radius 2 is 1.96 bits per heavy atom. The lowest BCUT2D eigenvalue weighted by atomic mass is 10.0. The number of ether oxygens (including phenoxy) is 1. The molecule has 1 aliphatic rings. The van der Waals surface area contributed by atoms with E-state index >= 15 is 0 Å². The summed E-state index contributed by atoms with van der Waals surface area (Å²) < 4.78 is 7.50. The van der Waals surface area contributed by atoms with Crippen molar-refractivity contribution in [1.82, 2.24) is 14.8 Å². The molecule has 0 saturated heterocycles. The first-order chi connectivity index (χ1) is 12.6. The van der Waals surface area contributed by atoms with Crippen molar-refractivity contribution in [3.05, 3.63) is 70.0 Å². The van der Waals surface area contributed by atoms with Gasteiger partial charge in [-0.15, -0.1) is 0 Å². The molecular weight excluding hydrogens is 375 g/mol. The number of hydrogen-bond donors (Lipinski definition) is 1. The van der Waals surface area contributed by atoms with Crippen LogP contribution >= 0.6 is 23.2 Å². The molecule has 26 heavy (non-hydrogen) atoms. The molecule has 8 heteroatoms.